The Hall–Kier alpha value is -1.92. The molecule has 1 unspecified atom stereocenters. The van der Waals surface area contributed by atoms with Gasteiger partial charge in [0.2, 0.25) is 0 Å². The van der Waals surface area contributed by atoms with Crippen LogP contribution >= 0.6 is 0 Å². The van der Waals surface area contributed by atoms with Gasteiger partial charge in [0.15, 0.2) is 6.10 Å². The lowest BCUT2D eigenvalue weighted by Gasteiger charge is -2.15. The molecule has 0 saturated heterocycles. The van der Waals surface area contributed by atoms with Crippen LogP contribution in [0.1, 0.15) is 188 Å². The maximum atomic E-state index is 12.2. The van der Waals surface area contributed by atoms with E-state index in [1.54, 1.807) is 0 Å². The van der Waals surface area contributed by atoms with Crippen LogP contribution in [0, 0.1) is 5.92 Å². The molecule has 48 heavy (non-hydrogen) atoms. The monoisotopic (exact) mass is 677 g/mol. The van der Waals surface area contributed by atoms with Crippen LogP contribution in [0.5, 0.6) is 0 Å². The summed E-state index contributed by atoms with van der Waals surface area (Å²) < 4.78 is 10.6. The fourth-order valence-electron chi connectivity index (χ4n) is 5.69. The molecule has 0 aliphatic heterocycles. The van der Waals surface area contributed by atoms with Crippen molar-refractivity contribution in [2.75, 3.05) is 13.2 Å². The molecule has 0 aromatic rings. The van der Waals surface area contributed by atoms with E-state index in [-0.39, 0.29) is 25.2 Å². The average Bonchev–Trinajstić information content (AvgIpc) is 3.06. The van der Waals surface area contributed by atoms with Crippen LogP contribution in [0.2, 0.25) is 0 Å². The molecular formula is C42H76O6. The maximum absolute atomic E-state index is 12.2. The molecule has 0 radical (unpaired) electrons. The van der Waals surface area contributed by atoms with Crippen molar-refractivity contribution >= 4 is 11.9 Å². The highest BCUT2D eigenvalue weighted by Gasteiger charge is 2.16. The van der Waals surface area contributed by atoms with E-state index in [4.69, 9.17) is 9.47 Å². The molecule has 0 saturated carbocycles. The highest BCUT2D eigenvalue weighted by molar-refractivity contribution is 5.70. The topological polar surface area (TPSA) is 93.1 Å². The van der Waals surface area contributed by atoms with Gasteiger partial charge in [0, 0.05) is 12.8 Å². The smallest absolute Gasteiger partial charge is 0.306 e. The average molecular weight is 677 g/mol. The van der Waals surface area contributed by atoms with Crippen molar-refractivity contribution in [2.45, 2.75) is 200 Å². The second-order valence-corrected chi connectivity index (χ2v) is 14.0. The number of carbonyl (C=O) groups excluding carboxylic acids is 2. The summed E-state index contributed by atoms with van der Waals surface area (Å²) in [6.45, 7) is 6.28. The number of carbonyl (C=O) groups is 2. The summed E-state index contributed by atoms with van der Waals surface area (Å²) in [5, 5.41) is 19.6. The molecule has 0 heterocycles. The van der Waals surface area contributed by atoms with Gasteiger partial charge in [-0.1, -0.05) is 179 Å². The van der Waals surface area contributed by atoms with E-state index >= 15 is 0 Å². The molecule has 0 fully saturated rings. The Labute approximate surface area is 296 Å². The number of aliphatic hydroxyl groups excluding tert-OH is 2. The van der Waals surface area contributed by atoms with E-state index in [9.17, 15) is 19.8 Å². The zero-order chi connectivity index (χ0) is 35.3. The van der Waals surface area contributed by atoms with Gasteiger partial charge in [0.05, 0.1) is 12.7 Å². The van der Waals surface area contributed by atoms with Gasteiger partial charge in [-0.15, -0.1) is 0 Å². The normalized spacial score (nSPS) is 13.3. The number of rotatable bonds is 35. The molecule has 0 aromatic carbocycles. The fourth-order valence-corrected chi connectivity index (χ4v) is 5.69. The molecule has 280 valence electrons. The van der Waals surface area contributed by atoms with Gasteiger partial charge in [-0.05, 0) is 38.0 Å². The highest BCUT2D eigenvalue weighted by atomic mass is 16.6. The van der Waals surface area contributed by atoms with Gasteiger partial charge in [0.25, 0.3) is 0 Å². The van der Waals surface area contributed by atoms with Crippen LogP contribution in [0.15, 0.2) is 36.5 Å². The van der Waals surface area contributed by atoms with Crippen molar-refractivity contribution in [1.82, 2.24) is 0 Å². The number of unbranched alkanes of at least 4 members (excludes halogenated alkanes) is 18. The predicted molar refractivity (Wildman–Crippen MR) is 202 cm³/mol. The van der Waals surface area contributed by atoms with Gasteiger partial charge in [-0.3, -0.25) is 9.59 Å². The van der Waals surface area contributed by atoms with Gasteiger partial charge >= 0.3 is 11.9 Å². The molecule has 0 spiro atoms. The molecule has 6 heteroatoms. The quantitative estimate of drug-likeness (QED) is 0.0300. The Kier molecular flexibility index (Phi) is 34.9. The molecule has 6 nitrogen and oxygen atoms in total. The summed E-state index contributed by atoms with van der Waals surface area (Å²) >= 11 is 0. The van der Waals surface area contributed by atoms with E-state index in [0.717, 1.165) is 76.5 Å². The zero-order valence-corrected chi connectivity index (χ0v) is 31.5. The molecule has 2 atom stereocenters. The lowest BCUT2D eigenvalue weighted by Crippen LogP contribution is -2.28. The Balaban J connectivity index is 3.61. The largest absolute Gasteiger partial charge is 0.462 e. The number of hydrogen-bond donors (Lipinski definition) is 2. The number of hydrogen-bond acceptors (Lipinski definition) is 6. The standard InChI is InChI=1S/C42H76O6/c1-4-5-6-7-17-22-27-32-39(44)33-28-23-20-25-29-34-41(45)47-37-40(36-43)48-42(46)35-30-24-19-16-14-12-10-8-9-11-13-15-18-21-26-31-38(2)3/h5-6,17,22,27,32,38-40,43-44H,4,7-16,18-21,23-26,28-31,33-37H2,1-3H3/b6-5+,22-17+,32-27+/t39?,40-/m0/s1. The minimum atomic E-state index is -0.801. The number of aliphatic hydroxyl groups is 2. The fraction of sp³-hybridized carbons (Fsp3) is 0.810. The molecule has 0 aromatic heterocycles. The van der Waals surface area contributed by atoms with E-state index in [0.29, 0.717) is 12.8 Å². The number of ether oxygens (including phenoxy) is 2. The van der Waals surface area contributed by atoms with Crippen LogP contribution in [0.4, 0.5) is 0 Å². The minimum Gasteiger partial charge on any atom is -0.462 e. The number of esters is 2. The van der Waals surface area contributed by atoms with Gasteiger partial charge < -0.3 is 19.7 Å². The first-order chi connectivity index (χ1) is 23.4. The Morgan fingerprint density at radius 3 is 1.58 bits per heavy atom. The number of allylic oxidation sites excluding steroid dienone is 5. The molecule has 0 aliphatic carbocycles. The van der Waals surface area contributed by atoms with Crippen LogP contribution in [0.3, 0.4) is 0 Å². The summed E-state index contributed by atoms with van der Waals surface area (Å²) in [6, 6.07) is 0. The van der Waals surface area contributed by atoms with Crippen molar-refractivity contribution in [2.24, 2.45) is 5.92 Å². The lowest BCUT2D eigenvalue weighted by molar-refractivity contribution is -0.161. The van der Waals surface area contributed by atoms with Gasteiger partial charge in [-0.2, -0.15) is 0 Å². The van der Waals surface area contributed by atoms with E-state index < -0.39 is 12.2 Å². The Morgan fingerprint density at radius 2 is 1.08 bits per heavy atom. The summed E-state index contributed by atoms with van der Waals surface area (Å²) in [5.41, 5.74) is 0. The molecule has 0 amide bonds. The lowest BCUT2D eigenvalue weighted by atomic mass is 10.0. The Morgan fingerprint density at radius 1 is 0.604 bits per heavy atom. The third-order valence-corrected chi connectivity index (χ3v) is 8.73. The van der Waals surface area contributed by atoms with Gasteiger partial charge in [0.1, 0.15) is 6.61 Å². The van der Waals surface area contributed by atoms with E-state index in [1.807, 2.05) is 18.2 Å². The summed E-state index contributed by atoms with van der Waals surface area (Å²) in [7, 11) is 0. The molecular weight excluding hydrogens is 600 g/mol. The van der Waals surface area contributed by atoms with Crippen LogP contribution in [-0.2, 0) is 19.1 Å². The van der Waals surface area contributed by atoms with Crippen molar-refractivity contribution in [3.05, 3.63) is 36.5 Å². The first-order valence-corrected chi connectivity index (χ1v) is 20.0. The van der Waals surface area contributed by atoms with Crippen LogP contribution in [-0.4, -0.2) is 47.6 Å². The third kappa shape index (κ3) is 35.4. The first-order valence-electron chi connectivity index (χ1n) is 20.0. The molecule has 0 aliphatic rings. The maximum Gasteiger partial charge on any atom is 0.306 e. The molecule has 0 bridgehead atoms. The summed E-state index contributed by atoms with van der Waals surface area (Å²) in [4.78, 5) is 24.3. The minimum absolute atomic E-state index is 0.102. The van der Waals surface area contributed by atoms with Crippen molar-refractivity contribution in [1.29, 1.82) is 0 Å². The van der Waals surface area contributed by atoms with Crippen molar-refractivity contribution in [3.8, 4) is 0 Å². The van der Waals surface area contributed by atoms with Crippen LogP contribution < -0.4 is 0 Å². The zero-order valence-electron chi connectivity index (χ0n) is 31.5. The van der Waals surface area contributed by atoms with Crippen molar-refractivity contribution < 1.29 is 29.3 Å². The molecule has 2 N–H and O–H groups in total. The van der Waals surface area contributed by atoms with Crippen molar-refractivity contribution in [3.63, 3.8) is 0 Å². The SMILES string of the molecule is CC/C=C/C/C=C/C=C/C(O)CCCCCCCC(=O)OC[C@H](CO)OC(=O)CCCCCCCCCCCCCCCCCC(C)C. The summed E-state index contributed by atoms with van der Waals surface area (Å²) in [5.74, 6) is 0.185. The third-order valence-electron chi connectivity index (χ3n) is 8.73. The summed E-state index contributed by atoms with van der Waals surface area (Å²) in [6.07, 6.45) is 39.4. The molecule has 0 rings (SSSR count). The Bertz CT molecular complexity index is 802. The second kappa shape index (κ2) is 36.4. The predicted octanol–water partition coefficient (Wildman–Crippen LogP) is 11.3. The van der Waals surface area contributed by atoms with E-state index in [2.05, 4.69) is 39.0 Å². The van der Waals surface area contributed by atoms with Gasteiger partial charge in [-0.25, -0.2) is 0 Å². The van der Waals surface area contributed by atoms with E-state index in [1.165, 1.54) is 83.5 Å². The first kappa shape index (κ1) is 46.1. The second-order valence-electron chi connectivity index (χ2n) is 14.0. The van der Waals surface area contributed by atoms with Crippen LogP contribution in [0.25, 0.3) is 0 Å². The highest BCUT2D eigenvalue weighted by Crippen LogP contribution is 2.16.